The molecule has 0 aliphatic carbocycles. The van der Waals surface area contributed by atoms with Crippen molar-refractivity contribution in [3.8, 4) is 5.69 Å². The van der Waals surface area contributed by atoms with Crippen LogP contribution in [0.3, 0.4) is 0 Å². The zero-order valence-corrected chi connectivity index (χ0v) is 15.3. The van der Waals surface area contributed by atoms with Gasteiger partial charge in [0.15, 0.2) is 0 Å². The molecule has 1 N–H and O–H groups in total. The number of carbonyl (C=O) groups is 1. The van der Waals surface area contributed by atoms with Crippen LogP contribution in [0.5, 0.6) is 0 Å². The molecule has 0 bridgehead atoms. The third-order valence-electron chi connectivity index (χ3n) is 4.07. The topological polar surface area (TPSA) is 86.0 Å². The van der Waals surface area contributed by atoms with Crippen molar-refractivity contribution >= 4 is 5.91 Å². The summed E-state index contributed by atoms with van der Waals surface area (Å²) in [6.07, 6.45) is 0.688. The van der Waals surface area contributed by atoms with Gasteiger partial charge in [-0.25, -0.2) is 9.18 Å². The zero-order chi connectivity index (χ0) is 20.1. The summed E-state index contributed by atoms with van der Waals surface area (Å²) in [4.78, 5) is 38.1. The summed E-state index contributed by atoms with van der Waals surface area (Å²) in [5.74, 6) is -1.07. The predicted molar refractivity (Wildman–Crippen MR) is 102 cm³/mol. The first-order chi connectivity index (χ1) is 13.5. The van der Waals surface area contributed by atoms with Gasteiger partial charge in [0.05, 0.1) is 12.2 Å². The van der Waals surface area contributed by atoms with Crippen LogP contribution in [0.25, 0.3) is 5.69 Å². The molecule has 3 rings (SSSR count). The quantitative estimate of drug-likeness (QED) is 0.703. The van der Waals surface area contributed by atoms with Crippen molar-refractivity contribution in [2.75, 3.05) is 6.54 Å². The monoisotopic (exact) mass is 382 g/mol. The Kier molecular flexibility index (Phi) is 5.78. The lowest BCUT2D eigenvalue weighted by molar-refractivity contribution is 0.0944. The standard InChI is InChI=1S/C20H19FN4O3/c1-2-12-22-18(26)17-19(27)24(13-14-8-10-15(21)11-9-14)20(28)25(23-17)16-6-4-3-5-7-16/h3-11H,2,12-13H2,1H3,(H,22,26). The highest BCUT2D eigenvalue weighted by atomic mass is 19.1. The van der Waals surface area contributed by atoms with Crippen molar-refractivity contribution in [1.29, 1.82) is 0 Å². The number of nitrogens with zero attached hydrogens (tertiary/aromatic N) is 3. The van der Waals surface area contributed by atoms with Crippen LogP contribution in [0, 0.1) is 5.82 Å². The number of rotatable bonds is 6. The second kappa shape index (κ2) is 8.43. The Morgan fingerprint density at radius 2 is 1.75 bits per heavy atom. The Morgan fingerprint density at radius 3 is 2.39 bits per heavy atom. The van der Waals surface area contributed by atoms with E-state index in [2.05, 4.69) is 10.4 Å². The third kappa shape index (κ3) is 4.06. The van der Waals surface area contributed by atoms with Gasteiger partial charge in [-0.1, -0.05) is 37.3 Å². The third-order valence-corrected chi connectivity index (χ3v) is 4.07. The fraction of sp³-hybridized carbons (Fsp3) is 0.200. The summed E-state index contributed by atoms with van der Waals surface area (Å²) in [5, 5.41) is 6.62. The van der Waals surface area contributed by atoms with E-state index < -0.39 is 23.0 Å². The molecule has 2 aromatic carbocycles. The predicted octanol–water partition coefficient (Wildman–Crippen LogP) is 1.72. The van der Waals surface area contributed by atoms with Gasteiger partial charge in [0.2, 0.25) is 5.69 Å². The lowest BCUT2D eigenvalue weighted by Gasteiger charge is -2.12. The summed E-state index contributed by atoms with van der Waals surface area (Å²) in [5.41, 5.74) is -0.891. The molecule has 0 unspecified atom stereocenters. The fourth-order valence-electron chi connectivity index (χ4n) is 2.63. The average molecular weight is 382 g/mol. The molecule has 0 saturated carbocycles. The minimum atomic E-state index is -0.796. The Bertz CT molecular complexity index is 1090. The lowest BCUT2D eigenvalue weighted by Crippen LogP contribution is -2.46. The van der Waals surface area contributed by atoms with E-state index in [0.29, 0.717) is 24.2 Å². The van der Waals surface area contributed by atoms with Gasteiger partial charge in [-0.2, -0.15) is 9.78 Å². The average Bonchev–Trinajstić information content (AvgIpc) is 2.71. The van der Waals surface area contributed by atoms with Gasteiger partial charge in [0.25, 0.3) is 11.5 Å². The Morgan fingerprint density at radius 1 is 1.07 bits per heavy atom. The second-order valence-corrected chi connectivity index (χ2v) is 6.15. The molecule has 8 heteroatoms. The molecule has 7 nitrogen and oxygen atoms in total. The molecule has 3 aromatic rings. The summed E-state index contributed by atoms with van der Waals surface area (Å²) >= 11 is 0. The number of aromatic nitrogens is 3. The van der Waals surface area contributed by atoms with Crippen LogP contribution < -0.4 is 16.6 Å². The number of amides is 1. The van der Waals surface area contributed by atoms with Crippen LogP contribution in [-0.4, -0.2) is 26.8 Å². The smallest absolute Gasteiger partial charge is 0.350 e. The van der Waals surface area contributed by atoms with E-state index in [0.717, 1.165) is 9.25 Å². The first kappa shape index (κ1) is 19.2. The van der Waals surface area contributed by atoms with E-state index >= 15 is 0 Å². The molecule has 0 fully saturated rings. The number of halogens is 1. The van der Waals surface area contributed by atoms with Crippen molar-refractivity contribution in [2.45, 2.75) is 19.9 Å². The number of nitrogens with one attached hydrogen (secondary N) is 1. The lowest BCUT2D eigenvalue weighted by atomic mass is 10.2. The molecule has 0 aliphatic heterocycles. The molecule has 28 heavy (non-hydrogen) atoms. The van der Waals surface area contributed by atoms with Crippen molar-refractivity contribution in [3.05, 3.63) is 92.5 Å². The molecular weight excluding hydrogens is 363 g/mol. The number of hydrogen-bond donors (Lipinski definition) is 1. The first-order valence-corrected chi connectivity index (χ1v) is 8.83. The minimum Gasteiger partial charge on any atom is -0.350 e. The zero-order valence-electron chi connectivity index (χ0n) is 15.3. The molecule has 144 valence electrons. The van der Waals surface area contributed by atoms with Crippen molar-refractivity contribution < 1.29 is 9.18 Å². The van der Waals surface area contributed by atoms with E-state index in [9.17, 15) is 18.8 Å². The highest BCUT2D eigenvalue weighted by Gasteiger charge is 2.20. The van der Waals surface area contributed by atoms with Crippen LogP contribution in [0.2, 0.25) is 0 Å². The minimum absolute atomic E-state index is 0.110. The summed E-state index contributed by atoms with van der Waals surface area (Å²) in [7, 11) is 0. The number of hydrogen-bond acceptors (Lipinski definition) is 4. The van der Waals surface area contributed by atoms with E-state index in [1.165, 1.54) is 24.3 Å². The molecule has 1 aromatic heterocycles. The van der Waals surface area contributed by atoms with Crippen molar-refractivity contribution in [2.24, 2.45) is 0 Å². The molecule has 1 heterocycles. The highest BCUT2D eigenvalue weighted by molar-refractivity contribution is 5.91. The molecule has 0 atom stereocenters. The Balaban J connectivity index is 2.16. The second-order valence-electron chi connectivity index (χ2n) is 6.15. The fourth-order valence-corrected chi connectivity index (χ4v) is 2.63. The first-order valence-electron chi connectivity index (χ1n) is 8.83. The largest absolute Gasteiger partial charge is 0.352 e. The van der Waals surface area contributed by atoms with Crippen LogP contribution in [0.1, 0.15) is 29.4 Å². The van der Waals surface area contributed by atoms with E-state index in [-0.39, 0.29) is 12.2 Å². The number of benzene rings is 2. The molecule has 1 amide bonds. The van der Waals surface area contributed by atoms with E-state index in [4.69, 9.17) is 0 Å². The summed E-state index contributed by atoms with van der Waals surface area (Å²) < 4.78 is 15.1. The SMILES string of the molecule is CCCNC(=O)c1nn(-c2ccccc2)c(=O)n(Cc2ccc(F)cc2)c1=O. The molecule has 0 spiro atoms. The summed E-state index contributed by atoms with van der Waals surface area (Å²) in [6.45, 7) is 2.15. The van der Waals surface area contributed by atoms with Crippen molar-refractivity contribution in [1.82, 2.24) is 19.7 Å². The Labute approximate surface area is 160 Å². The van der Waals surface area contributed by atoms with Crippen LogP contribution in [0.4, 0.5) is 4.39 Å². The highest BCUT2D eigenvalue weighted by Crippen LogP contribution is 2.05. The van der Waals surface area contributed by atoms with Gasteiger partial charge in [-0.15, -0.1) is 0 Å². The molecule has 0 aliphatic rings. The van der Waals surface area contributed by atoms with Crippen LogP contribution >= 0.6 is 0 Å². The van der Waals surface area contributed by atoms with Gasteiger partial charge in [0.1, 0.15) is 5.82 Å². The maximum Gasteiger partial charge on any atom is 0.352 e. The number of para-hydroxylation sites is 1. The number of carbonyl (C=O) groups excluding carboxylic acids is 1. The summed E-state index contributed by atoms with van der Waals surface area (Å²) in [6, 6.07) is 13.9. The maximum atomic E-state index is 13.2. The molecule has 0 saturated heterocycles. The van der Waals surface area contributed by atoms with Crippen LogP contribution in [0.15, 0.2) is 64.2 Å². The van der Waals surface area contributed by atoms with Gasteiger partial charge in [-0.3, -0.25) is 14.2 Å². The van der Waals surface area contributed by atoms with E-state index in [1.54, 1.807) is 30.3 Å². The normalized spacial score (nSPS) is 10.6. The van der Waals surface area contributed by atoms with Crippen molar-refractivity contribution in [3.63, 3.8) is 0 Å². The van der Waals surface area contributed by atoms with Gasteiger partial charge < -0.3 is 5.32 Å². The maximum absolute atomic E-state index is 13.2. The molecule has 0 radical (unpaired) electrons. The molecular formula is C20H19FN4O3. The Hall–Kier alpha value is -3.55. The van der Waals surface area contributed by atoms with Gasteiger partial charge >= 0.3 is 5.69 Å². The van der Waals surface area contributed by atoms with Gasteiger partial charge in [0, 0.05) is 6.54 Å². The van der Waals surface area contributed by atoms with E-state index in [1.807, 2.05) is 6.92 Å². The van der Waals surface area contributed by atoms with Gasteiger partial charge in [-0.05, 0) is 36.2 Å². The van der Waals surface area contributed by atoms with Crippen LogP contribution in [-0.2, 0) is 6.54 Å².